The Morgan fingerprint density at radius 3 is 2.71 bits per heavy atom. The molecule has 0 amide bonds. The lowest BCUT2D eigenvalue weighted by molar-refractivity contribution is 0.0988. The number of hydrogen-bond acceptors (Lipinski definition) is 3. The van der Waals surface area contributed by atoms with Gasteiger partial charge in [0.25, 0.3) is 0 Å². The van der Waals surface area contributed by atoms with E-state index in [1.807, 2.05) is 29.5 Å². The molecular formula is C10H12INO2. The van der Waals surface area contributed by atoms with Crippen molar-refractivity contribution in [1.29, 1.82) is 0 Å². The molecule has 0 aliphatic rings. The van der Waals surface area contributed by atoms with E-state index in [4.69, 9.17) is 5.73 Å². The summed E-state index contributed by atoms with van der Waals surface area (Å²) in [5.41, 5.74) is 6.70. The predicted octanol–water partition coefficient (Wildman–Crippen LogP) is 2.05. The molecule has 0 atom stereocenters. The number of aromatic hydroxyl groups is 1. The van der Waals surface area contributed by atoms with Gasteiger partial charge >= 0.3 is 0 Å². The van der Waals surface area contributed by atoms with Gasteiger partial charge in [-0.2, -0.15) is 0 Å². The summed E-state index contributed by atoms with van der Waals surface area (Å²) in [6.45, 7) is 2.05. The Morgan fingerprint density at radius 1 is 1.57 bits per heavy atom. The average molecular weight is 305 g/mol. The molecule has 1 rings (SSSR count). The van der Waals surface area contributed by atoms with Crippen LogP contribution in [0.3, 0.4) is 0 Å². The van der Waals surface area contributed by atoms with Crippen molar-refractivity contribution in [3.63, 3.8) is 0 Å². The summed E-state index contributed by atoms with van der Waals surface area (Å²) in [7, 11) is 0. The molecule has 76 valence electrons. The fourth-order valence-corrected chi connectivity index (χ4v) is 1.86. The highest BCUT2D eigenvalue weighted by atomic mass is 127. The highest BCUT2D eigenvalue weighted by molar-refractivity contribution is 14.1. The van der Waals surface area contributed by atoms with Crippen LogP contribution in [0.25, 0.3) is 0 Å². The Kier molecular flexibility index (Phi) is 3.88. The molecule has 1 aromatic rings. The zero-order valence-electron chi connectivity index (χ0n) is 7.88. The number of carbonyl (C=O) groups is 1. The third kappa shape index (κ3) is 2.24. The van der Waals surface area contributed by atoms with Gasteiger partial charge in [0.05, 0.1) is 3.57 Å². The van der Waals surface area contributed by atoms with Crippen LogP contribution < -0.4 is 5.73 Å². The van der Waals surface area contributed by atoms with E-state index in [0.29, 0.717) is 21.1 Å². The Balaban J connectivity index is 3.22. The molecule has 1 aromatic carbocycles. The summed E-state index contributed by atoms with van der Waals surface area (Å²) < 4.78 is 0.669. The van der Waals surface area contributed by atoms with Crippen molar-refractivity contribution >= 4 is 28.4 Å². The van der Waals surface area contributed by atoms with Crippen LogP contribution in [0, 0.1) is 3.57 Å². The van der Waals surface area contributed by atoms with Gasteiger partial charge in [-0.3, -0.25) is 4.79 Å². The number of nitrogens with two attached hydrogens (primary N) is 1. The van der Waals surface area contributed by atoms with Gasteiger partial charge in [-0.1, -0.05) is 6.92 Å². The van der Waals surface area contributed by atoms with Crippen molar-refractivity contribution < 1.29 is 9.90 Å². The number of benzene rings is 1. The first-order chi connectivity index (χ1) is 6.60. The summed E-state index contributed by atoms with van der Waals surface area (Å²) in [6, 6.07) is 3.34. The molecule has 0 saturated heterocycles. The van der Waals surface area contributed by atoms with E-state index >= 15 is 0 Å². The zero-order chi connectivity index (χ0) is 10.7. The van der Waals surface area contributed by atoms with E-state index in [9.17, 15) is 9.90 Å². The van der Waals surface area contributed by atoms with E-state index in [2.05, 4.69) is 0 Å². The third-order valence-electron chi connectivity index (χ3n) is 2.01. The number of carbonyl (C=O) groups excluding carboxylic acids is 1. The number of phenols is 1. The highest BCUT2D eigenvalue weighted by Crippen LogP contribution is 2.26. The van der Waals surface area contributed by atoms with Crippen LogP contribution in [0.15, 0.2) is 12.1 Å². The lowest BCUT2D eigenvalue weighted by atomic mass is 10.0. The fraction of sp³-hybridized carbons (Fsp3) is 0.300. The molecule has 14 heavy (non-hydrogen) atoms. The lowest BCUT2D eigenvalue weighted by Crippen LogP contribution is -2.03. The number of Topliss-reactive ketones (excluding diaryl/α,β-unsaturated/α-hetero) is 1. The molecular weight excluding hydrogens is 293 g/mol. The normalized spacial score (nSPS) is 10.2. The first-order valence-electron chi connectivity index (χ1n) is 4.34. The minimum Gasteiger partial charge on any atom is -0.507 e. The van der Waals surface area contributed by atoms with Crippen molar-refractivity contribution in [2.24, 2.45) is 5.73 Å². The van der Waals surface area contributed by atoms with Crippen LogP contribution in [-0.2, 0) is 6.54 Å². The summed E-state index contributed by atoms with van der Waals surface area (Å²) in [4.78, 5) is 11.4. The number of rotatable bonds is 3. The molecule has 0 saturated carbocycles. The van der Waals surface area contributed by atoms with Crippen LogP contribution in [0.5, 0.6) is 5.75 Å². The van der Waals surface area contributed by atoms with E-state index in [1.165, 1.54) is 0 Å². The molecule has 3 nitrogen and oxygen atoms in total. The smallest absolute Gasteiger partial charge is 0.162 e. The Labute approximate surface area is 96.4 Å². The van der Waals surface area contributed by atoms with Crippen molar-refractivity contribution in [3.8, 4) is 5.75 Å². The van der Waals surface area contributed by atoms with Gasteiger partial charge in [-0.25, -0.2) is 0 Å². The molecule has 0 aliphatic heterocycles. The predicted molar refractivity (Wildman–Crippen MR) is 63.3 cm³/mol. The first-order valence-corrected chi connectivity index (χ1v) is 5.42. The zero-order valence-corrected chi connectivity index (χ0v) is 10.0. The maximum Gasteiger partial charge on any atom is 0.162 e. The Hall–Kier alpha value is -0.620. The van der Waals surface area contributed by atoms with E-state index in [1.54, 1.807) is 12.1 Å². The van der Waals surface area contributed by atoms with Gasteiger partial charge in [0.15, 0.2) is 5.78 Å². The van der Waals surface area contributed by atoms with Gasteiger partial charge in [0.1, 0.15) is 5.75 Å². The van der Waals surface area contributed by atoms with E-state index in [-0.39, 0.29) is 18.1 Å². The number of halogens is 1. The second-order valence-corrected chi connectivity index (χ2v) is 4.11. The summed E-state index contributed by atoms with van der Waals surface area (Å²) in [5, 5.41) is 9.58. The summed E-state index contributed by atoms with van der Waals surface area (Å²) >= 11 is 1.99. The van der Waals surface area contributed by atoms with Gasteiger partial charge in [0.2, 0.25) is 0 Å². The average Bonchev–Trinajstić information content (AvgIpc) is 2.20. The maximum absolute atomic E-state index is 11.4. The van der Waals surface area contributed by atoms with Gasteiger partial charge in [-0.15, -0.1) is 0 Å². The second-order valence-electron chi connectivity index (χ2n) is 2.95. The van der Waals surface area contributed by atoms with Gasteiger partial charge < -0.3 is 10.8 Å². The second kappa shape index (κ2) is 4.75. The monoisotopic (exact) mass is 305 g/mol. The van der Waals surface area contributed by atoms with Crippen molar-refractivity contribution in [2.75, 3.05) is 0 Å². The highest BCUT2D eigenvalue weighted by Gasteiger charge is 2.10. The minimum atomic E-state index is 0.0672. The molecule has 0 bridgehead atoms. The van der Waals surface area contributed by atoms with Crippen molar-refractivity contribution in [3.05, 3.63) is 26.8 Å². The van der Waals surface area contributed by atoms with Gasteiger partial charge in [0, 0.05) is 24.1 Å². The van der Waals surface area contributed by atoms with Gasteiger partial charge in [-0.05, 0) is 34.7 Å². The quantitative estimate of drug-likeness (QED) is 0.663. The molecule has 4 heteroatoms. The topological polar surface area (TPSA) is 63.3 Å². The molecule has 0 aromatic heterocycles. The fourth-order valence-electron chi connectivity index (χ4n) is 1.18. The molecule has 0 heterocycles. The molecule has 0 spiro atoms. The number of ketones is 1. The Bertz CT molecular complexity index is 363. The summed E-state index contributed by atoms with van der Waals surface area (Å²) in [6.07, 6.45) is 0.463. The molecule has 0 radical (unpaired) electrons. The molecule has 3 N–H and O–H groups in total. The third-order valence-corrected chi connectivity index (χ3v) is 2.83. The lowest BCUT2D eigenvalue weighted by Gasteiger charge is -2.06. The molecule has 0 unspecified atom stereocenters. The first kappa shape index (κ1) is 11.5. The molecule has 0 aliphatic carbocycles. The van der Waals surface area contributed by atoms with Crippen LogP contribution >= 0.6 is 22.6 Å². The van der Waals surface area contributed by atoms with Crippen molar-refractivity contribution in [2.45, 2.75) is 19.9 Å². The van der Waals surface area contributed by atoms with Crippen LogP contribution in [0.2, 0.25) is 0 Å². The standard InChI is InChI=1S/C10H12INO2/c1-2-9(13)6-3-7(5-12)10(14)8(11)4-6/h3-4,14H,2,5,12H2,1H3. The Morgan fingerprint density at radius 2 is 2.21 bits per heavy atom. The maximum atomic E-state index is 11.4. The van der Waals surface area contributed by atoms with Crippen molar-refractivity contribution in [1.82, 2.24) is 0 Å². The summed E-state index contributed by atoms with van der Waals surface area (Å²) in [5.74, 6) is 0.248. The minimum absolute atomic E-state index is 0.0672. The molecule has 0 fully saturated rings. The van der Waals surface area contributed by atoms with Crippen LogP contribution in [0.4, 0.5) is 0 Å². The van der Waals surface area contributed by atoms with E-state index in [0.717, 1.165) is 0 Å². The largest absolute Gasteiger partial charge is 0.507 e. The number of hydrogen-bond donors (Lipinski definition) is 2. The van der Waals surface area contributed by atoms with Crippen LogP contribution in [-0.4, -0.2) is 10.9 Å². The van der Waals surface area contributed by atoms with Crippen LogP contribution in [0.1, 0.15) is 29.3 Å². The SMILES string of the molecule is CCC(=O)c1cc(I)c(O)c(CN)c1. The van der Waals surface area contributed by atoms with E-state index < -0.39 is 0 Å². The number of phenolic OH excluding ortho intramolecular Hbond substituents is 1.